The maximum Gasteiger partial charge on any atom is 0.410 e. The quantitative estimate of drug-likeness (QED) is 0.740. The van der Waals surface area contributed by atoms with Gasteiger partial charge in [0, 0.05) is 31.9 Å². The molecule has 0 aliphatic carbocycles. The molecule has 0 bridgehead atoms. The largest absolute Gasteiger partial charge is 0.444 e. The molecular weight excluding hydrogens is 394 g/mol. The Balaban J connectivity index is 1.72. The van der Waals surface area contributed by atoms with Crippen LogP contribution in [0.15, 0.2) is 29.1 Å². The number of anilines is 1. The fraction of sp³-hybridized carbons (Fsp3) is 0.609. The number of rotatable bonds is 4. The molecule has 2 aromatic rings. The number of carbonyl (C=O) groups is 1. The summed E-state index contributed by atoms with van der Waals surface area (Å²) >= 11 is 0. The van der Waals surface area contributed by atoms with Gasteiger partial charge in [-0.15, -0.1) is 0 Å². The smallest absolute Gasteiger partial charge is 0.410 e. The first-order chi connectivity index (χ1) is 14.6. The van der Waals surface area contributed by atoms with E-state index in [1.54, 1.807) is 14.1 Å². The van der Waals surface area contributed by atoms with Crippen molar-refractivity contribution in [2.45, 2.75) is 66.0 Å². The second-order valence-electron chi connectivity index (χ2n) is 9.19. The van der Waals surface area contributed by atoms with Crippen molar-refractivity contribution in [3.05, 3.63) is 40.6 Å². The standard InChI is InChI=1S/C23H35N5O3/c1-7-17(2)28-21(29)27(18(3)24-28)20-11-9-19(10-12-20)25-13-8-14-26(16-15-25)22(30)31-23(4,5)6/h9-12,17H,7-8,13-16H2,1-6H3. The van der Waals surface area contributed by atoms with Gasteiger partial charge in [0.05, 0.1) is 11.7 Å². The van der Waals surface area contributed by atoms with Crippen LogP contribution in [0.4, 0.5) is 10.5 Å². The van der Waals surface area contributed by atoms with Crippen LogP contribution in [0.3, 0.4) is 0 Å². The average Bonchev–Trinajstić information content (AvgIpc) is 2.87. The molecule has 1 aromatic heterocycles. The van der Waals surface area contributed by atoms with Crippen LogP contribution in [0.5, 0.6) is 0 Å². The molecular formula is C23H35N5O3. The van der Waals surface area contributed by atoms with Crippen molar-refractivity contribution in [2.24, 2.45) is 0 Å². The summed E-state index contributed by atoms with van der Waals surface area (Å²) in [5.74, 6) is 0.681. The topological polar surface area (TPSA) is 72.6 Å². The molecule has 1 amide bonds. The second-order valence-corrected chi connectivity index (χ2v) is 9.19. The van der Waals surface area contributed by atoms with E-state index >= 15 is 0 Å². The van der Waals surface area contributed by atoms with E-state index in [0.717, 1.165) is 37.3 Å². The second kappa shape index (κ2) is 9.16. The number of hydrogen-bond donors (Lipinski definition) is 0. The molecule has 0 N–H and O–H groups in total. The first-order valence-corrected chi connectivity index (χ1v) is 11.1. The lowest BCUT2D eigenvalue weighted by Gasteiger charge is -2.27. The molecule has 1 aromatic carbocycles. The van der Waals surface area contributed by atoms with Gasteiger partial charge in [-0.1, -0.05) is 6.92 Å². The van der Waals surface area contributed by atoms with Crippen LogP contribution in [0.1, 0.15) is 59.3 Å². The third-order valence-corrected chi connectivity index (χ3v) is 5.59. The van der Waals surface area contributed by atoms with Gasteiger partial charge in [-0.3, -0.25) is 0 Å². The highest BCUT2D eigenvalue weighted by molar-refractivity contribution is 5.68. The normalized spacial score (nSPS) is 16.2. The monoisotopic (exact) mass is 429 g/mol. The Hall–Kier alpha value is -2.77. The minimum Gasteiger partial charge on any atom is -0.444 e. The van der Waals surface area contributed by atoms with Crippen molar-refractivity contribution < 1.29 is 9.53 Å². The molecule has 170 valence electrons. The van der Waals surface area contributed by atoms with Gasteiger partial charge in [0.25, 0.3) is 0 Å². The van der Waals surface area contributed by atoms with E-state index in [1.165, 1.54) is 0 Å². The van der Waals surface area contributed by atoms with Crippen LogP contribution in [0.2, 0.25) is 0 Å². The summed E-state index contributed by atoms with van der Waals surface area (Å²) in [5, 5.41) is 4.44. The third-order valence-electron chi connectivity index (χ3n) is 5.59. The molecule has 3 rings (SSSR count). The molecule has 1 saturated heterocycles. The van der Waals surface area contributed by atoms with E-state index < -0.39 is 5.60 Å². The SMILES string of the molecule is CCC(C)n1nc(C)n(-c2ccc(N3CCCN(C(=O)OC(C)(C)C)CC3)cc2)c1=O. The first kappa shape index (κ1) is 22.9. The number of amides is 1. The lowest BCUT2D eigenvalue weighted by Crippen LogP contribution is -2.39. The van der Waals surface area contributed by atoms with E-state index in [4.69, 9.17) is 4.74 Å². The van der Waals surface area contributed by atoms with Gasteiger partial charge >= 0.3 is 11.8 Å². The summed E-state index contributed by atoms with van der Waals surface area (Å²) in [5.41, 5.74) is 1.29. The molecule has 1 aliphatic rings. The molecule has 1 aliphatic heterocycles. The Morgan fingerprint density at radius 1 is 1.10 bits per heavy atom. The summed E-state index contributed by atoms with van der Waals surface area (Å²) in [4.78, 5) is 29.3. The maximum absolute atomic E-state index is 12.8. The van der Waals surface area contributed by atoms with Crippen molar-refractivity contribution in [1.29, 1.82) is 0 Å². The highest BCUT2D eigenvalue weighted by Crippen LogP contribution is 2.20. The molecule has 1 unspecified atom stereocenters. The van der Waals surface area contributed by atoms with E-state index in [9.17, 15) is 9.59 Å². The highest BCUT2D eigenvalue weighted by Gasteiger charge is 2.24. The number of hydrogen-bond acceptors (Lipinski definition) is 5. The van der Waals surface area contributed by atoms with Crippen LogP contribution < -0.4 is 10.6 Å². The third kappa shape index (κ3) is 5.29. The van der Waals surface area contributed by atoms with Gasteiger partial charge in [0.2, 0.25) is 0 Å². The Kier molecular flexibility index (Phi) is 6.77. The van der Waals surface area contributed by atoms with Crippen LogP contribution >= 0.6 is 0 Å². The number of benzene rings is 1. The summed E-state index contributed by atoms with van der Waals surface area (Å²) in [6.45, 7) is 14.5. The zero-order valence-electron chi connectivity index (χ0n) is 19.6. The van der Waals surface area contributed by atoms with Gasteiger partial charge in [-0.05, 0) is 71.7 Å². The zero-order valence-corrected chi connectivity index (χ0v) is 19.6. The lowest BCUT2D eigenvalue weighted by atomic mass is 10.2. The predicted octanol–water partition coefficient (Wildman–Crippen LogP) is 3.76. The van der Waals surface area contributed by atoms with Crippen LogP contribution in [0, 0.1) is 6.92 Å². The molecule has 2 heterocycles. The number of aromatic nitrogens is 3. The van der Waals surface area contributed by atoms with Crippen molar-refractivity contribution in [3.8, 4) is 5.69 Å². The predicted molar refractivity (Wildman–Crippen MR) is 122 cm³/mol. The zero-order chi connectivity index (χ0) is 22.8. The van der Waals surface area contributed by atoms with Gasteiger partial charge in [-0.2, -0.15) is 5.10 Å². The number of nitrogens with zero attached hydrogens (tertiary/aromatic N) is 5. The molecule has 1 atom stereocenters. The summed E-state index contributed by atoms with van der Waals surface area (Å²) < 4.78 is 8.73. The summed E-state index contributed by atoms with van der Waals surface area (Å²) in [6, 6.07) is 8.05. The molecule has 0 spiro atoms. The average molecular weight is 430 g/mol. The molecule has 31 heavy (non-hydrogen) atoms. The number of ether oxygens (including phenoxy) is 1. The Morgan fingerprint density at radius 3 is 2.35 bits per heavy atom. The van der Waals surface area contributed by atoms with Gasteiger partial charge in [0.15, 0.2) is 0 Å². The Morgan fingerprint density at radius 2 is 1.74 bits per heavy atom. The molecule has 8 heteroatoms. The highest BCUT2D eigenvalue weighted by atomic mass is 16.6. The Bertz CT molecular complexity index is 955. The van der Waals surface area contributed by atoms with Gasteiger partial charge < -0.3 is 14.5 Å². The van der Waals surface area contributed by atoms with Crippen LogP contribution in [-0.2, 0) is 4.74 Å². The number of carbonyl (C=O) groups excluding carboxylic acids is 1. The minimum absolute atomic E-state index is 0.0664. The van der Waals surface area contributed by atoms with Crippen molar-refractivity contribution in [3.63, 3.8) is 0 Å². The van der Waals surface area contributed by atoms with E-state index in [0.29, 0.717) is 18.9 Å². The summed E-state index contributed by atoms with van der Waals surface area (Å²) in [6.07, 6.45) is 1.48. The van der Waals surface area contributed by atoms with E-state index in [1.807, 2.05) is 65.8 Å². The molecule has 0 radical (unpaired) electrons. The lowest BCUT2D eigenvalue weighted by molar-refractivity contribution is 0.0263. The fourth-order valence-electron chi connectivity index (χ4n) is 3.74. The molecule has 8 nitrogen and oxygen atoms in total. The maximum atomic E-state index is 12.8. The summed E-state index contributed by atoms with van der Waals surface area (Å²) in [7, 11) is 0. The van der Waals surface area contributed by atoms with Crippen LogP contribution in [0.25, 0.3) is 5.69 Å². The van der Waals surface area contributed by atoms with Crippen molar-refractivity contribution in [1.82, 2.24) is 19.2 Å². The van der Waals surface area contributed by atoms with Crippen LogP contribution in [-0.4, -0.2) is 57.1 Å². The van der Waals surface area contributed by atoms with E-state index in [2.05, 4.69) is 10.00 Å². The van der Waals surface area contributed by atoms with E-state index in [-0.39, 0.29) is 17.8 Å². The van der Waals surface area contributed by atoms with Crippen molar-refractivity contribution in [2.75, 3.05) is 31.1 Å². The van der Waals surface area contributed by atoms with Gasteiger partial charge in [0.1, 0.15) is 11.4 Å². The fourth-order valence-corrected chi connectivity index (χ4v) is 3.74. The van der Waals surface area contributed by atoms with Crippen molar-refractivity contribution >= 4 is 11.8 Å². The Labute approximate surface area is 184 Å². The number of aryl methyl sites for hydroxylation is 1. The first-order valence-electron chi connectivity index (χ1n) is 11.1. The molecule has 1 fully saturated rings. The van der Waals surface area contributed by atoms with Gasteiger partial charge in [-0.25, -0.2) is 18.8 Å². The molecule has 0 saturated carbocycles. The minimum atomic E-state index is -0.488.